The second-order valence-electron chi connectivity index (χ2n) is 10.5. The number of anilines is 1. The molecule has 0 radical (unpaired) electrons. The molecular formula is C32H56N2O4. The molecule has 218 valence electrons. The van der Waals surface area contributed by atoms with Gasteiger partial charge in [-0.15, -0.1) is 0 Å². The molecule has 0 fully saturated rings. The first-order chi connectivity index (χ1) is 18.3. The standard InChI is InChI=1S/C20H32N2O2.C12H24O2/c1-3-4-5-6-7-8-9-10-11-12-19(23)22-18-15-16(2)13-14-17(18)20(21)24;1-2-3-4-5-6-7-8-9-10-11-12(13)14/h13-15H,3-12H2,1-2H3,(H2,21,24)(H,22,23);2-11H2,1H3,(H,13,14). The van der Waals surface area contributed by atoms with E-state index in [0.29, 0.717) is 24.1 Å². The Hall–Kier alpha value is -2.37. The summed E-state index contributed by atoms with van der Waals surface area (Å²) < 4.78 is 0. The number of carbonyl (C=O) groups is 3. The molecule has 0 saturated heterocycles. The first kappa shape index (κ1) is 35.6. The summed E-state index contributed by atoms with van der Waals surface area (Å²) in [6.07, 6.45) is 23.0. The van der Waals surface area contributed by atoms with Crippen LogP contribution in [0.4, 0.5) is 5.69 Å². The fourth-order valence-electron chi connectivity index (χ4n) is 4.37. The number of rotatable bonds is 22. The minimum Gasteiger partial charge on any atom is -0.481 e. The first-order valence-electron chi connectivity index (χ1n) is 15.2. The fraction of sp³-hybridized carbons (Fsp3) is 0.719. The van der Waals surface area contributed by atoms with E-state index in [4.69, 9.17) is 10.8 Å². The maximum absolute atomic E-state index is 12.0. The number of carbonyl (C=O) groups excluding carboxylic acids is 2. The molecule has 0 aliphatic heterocycles. The van der Waals surface area contributed by atoms with Crippen LogP contribution in [-0.4, -0.2) is 22.9 Å². The summed E-state index contributed by atoms with van der Waals surface area (Å²) in [5.41, 5.74) is 7.21. The van der Waals surface area contributed by atoms with E-state index in [9.17, 15) is 14.4 Å². The molecule has 0 saturated carbocycles. The lowest BCUT2D eigenvalue weighted by Gasteiger charge is -2.10. The summed E-state index contributed by atoms with van der Waals surface area (Å²) in [6.45, 7) is 6.38. The van der Waals surface area contributed by atoms with Gasteiger partial charge in [-0.25, -0.2) is 0 Å². The van der Waals surface area contributed by atoms with Gasteiger partial charge in [0, 0.05) is 12.8 Å². The van der Waals surface area contributed by atoms with Crippen LogP contribution in [0, 0.1) is 6.92 Å². The van der Waals surface area contributed by atoms with E-state index in [0.717, 1.165) is 31.2 Å². The van der Waals surface area contributed by atoms with Gasteiger partial charge >= 0.3 is 5.97 Å². The lowest BCUT2D eigenvalue weighted by atomic mass is 10.1. The summed E-state index contributed by atoms with van der Waals surface area (Å²) >= 11 is 0. The number of carboxylic acid groups (broad SMARTS) is 1. The molecule has 0 spiro atoms. The summed E-state index contributed by atoms with van der Waals surface area (Å²) in [4.78, 5) is 33.7. The molecule has 0 heterocycles. The van der Waals surface area contributed by atoms with E-state index in [1.54, 1.807) is 12.1 Å². The quantitative estimate of drug-likeness (QED) is 0.129. The minimum absolute atomic E-state index is 0.0500. The van der Waals surface area contributed by atoms with Crippen LogP contribution >= 0.6 is 0 Å². The number of primary amides is 1. The number of nitrogens with one attached hydrogen (secondary N) is 1. The zero-order chi connectivity index (χ0) is 28.4. The molecule has 0 unspecified atom stereocenters. The number of hydrogen-bond donors (Lipinski definition) is 3. The van der Waals surface area contributed by atoms with Crippen molar-refractivity contribution in [2.45, 2.75) is 149 Å². The Bertz CT molecular complexity index is 764. The Morgan fingerprint density at radius 1 is 0.684 bits per heavy atom. The molecule has 38 heavy (non-hydrogen) atoms. The normalized spacial score (nSPS) is 10.5. The molecule has 1 aromatic rings. The summed E-state index contributed by atoms with van der Waals surface area (Å²) in [5, 5.41) is 11.2. The van der Waals surface area contributed by atoms with Gasteiger partial charge in [-0.05, 0) is 37.5 Å². The third-order valence-corrected chi connectivity index (χ3v) is 6.72. The molecular weight excluding hydrogens is 476 g/mol. The topological polar surface area (TPSA) is 109 Å². The fourth-order valence-corrected chi connectivity index (χ4v) is 4.37. The molecule has 0 aliphatic rings. The van der Waals surface area contributed by atoms with Crippen molar-refractivity contribution >= 4 is 23.5 Å². The first-order valence-corrected chi connectivity index (χ1v) is 15.2. The molecule has 4 N–H and O–H groups in total. The van der Waals surface area contributed by atoms with Crippen molar-refractivity contribution in [3.05, 3.63) is 29.3 Å². The number of aliphatic carboxylic acids is 1. The average molecular weight is 533 g/mol. The molecule has 0 atom stereocenters. The van der Waals surface area contributed by atoms with Gasteiger partial charge in [-0.1, -0.05) is 123 Å². The van der Waals surface area contributed by atoms with Crippen LogP contribution in [0.15, 0.2) is 18.2 Å². The van der Waals surface area contributed by atoms with Gasteiger partial charge in [-0.2, -0.15) is 0 Å². The Balaban J connectivity index is 0.000000835. The average Bonchev–Trinajstić information content (AvgIpc) is 2.87. The van der Waals surface area contributed by atoms with Crippen molar-refractivity contribution in [3.8, 4) is 0 Å². The molecule has 0 aromatic heterocycles. The van der Waals surface area contributed by atoms with Gasteiger partial charge in [0.1, 0.15) is 0 Å². The van der Waals surface area contributed by atoms with Crippen LogP contribution in [0.1, 0.15) is 158 Å². The Morgan fingerprint density at radius 3 is 1.53 bits per heavy atom. The smallest absolute Gasteiger partial charge is 0.303 e. The van der Waals surface area contributed by atoms with Crippen LogP contribution in [0.2, 0.25) is 0 Å². The van der Waals surface area contributed by atoms with E-state index in [1.165, 1.54) is 89.9 Å². The third-order valence-electron chi connectivity index (χ3n) is 6.72. The Morgan fingerprint density at radius 2 is 1.11 bits per heavy atom. The lowest BCUT2D eigenvalue weighted by molar-refractivity contribution is -0.137. The summed E-state index contributed by atoms with van der Waals surface area (Å²) in [7, 11) is 0. The van der Waals surface area contributed by atoms with E-state index >= 15 is 0 Å². The van der Waals surface area contributed by atoms with Crippen molar-refractivity contribution in [3.63, 3.8) is 0 Å². The SMILES string of the molecule is CCCCCCCCCCCC(=O)Nc1cc(C)ccc1C(N)=O.CCCCCCCCCCCC(=O)O. The van der Waals surface area contributed by atoms with Crippen molar-refractivity contribution < 1.29 is 19.5 Å². The number of hydrogen-bond acceptors (Lipinski definition) is 3. The molecule has 6 nitrogen and oxygen atoms in total. The van der Waals surface area contributed by atoms with Crippen LogP contribution in [0.3, 0.4) is 0 Å². The minimum atomic E-state index is -0.659. The monoisotopic (exact) mass is 532 g/mol. The molecule has 1 rings (SSSR count). The largest absolute Gasteiger partial charge is 0.481 e. The van der Waals surface area contributed by atoms with Crippen molar-refractivity contribution in [1.82, 2.24) is 0 Å². The van der Waals surface area contributed by atoms with Gasteiger partial charge in [0.25, 0.3) is 5.91 Å². The second-order valence-corrected chi connectivity index (χ2v) is 10.5. The molecule has 0 bridgehead atoms. The zero-order valence-electron chi connectivity index (χ0n) is 24.6. The predicted octanol–water partition coefficient (Wildman–Crippen LogP) is 8.95. The van der Waals surface area contributed by atoms with Gasteiger partial charge in [0.15, 0.2) is 0 Å². The lowest BCUT2D eigenvalue weighted by Crippen LogP contribution is -2.18. The van der Waals surface area contributed by atoms with E-state index < -0.39 is 11.9 Å². The molecule has 6 heteroatoms. The highest BCUT2D eigenvalue weighted by molar-refractivity contribution is 6.03. The van der Waals surface area contributed by atoms with Crippen molar-refractivity contribution in [2.75, 3.05) is 5.32 Å². The number of nitrogens with two attached hydrogens (primary N) is 1. The van der Waals surface area contributed by atoms with Crippen LogP contribution in [0.5, 0.6) is 0 Å². The molecule has 2 amide bonds. The maximum atomic E-state index is 12.0. The van der Waals surface area contributed by atoms with E-state index in [1.807, 2.05) is 13.0 Å². The van der Waals surface area contributed by atoms with Gasteiger partial charge < -0.3 is 16.2 Å². The number of aryl methyl sites for hydroxylation is 1. The van der Waals surface area contributed by atoms with E-state index in [2.05, 4.69) is 19.2 Å². The third kappa shape index (κ3) is 21.7. The van der Waals surface area contributed by atoms with Crippen LogP contribution < -0.4 is 11.1 Å². The predicted molar refractivity (Wildman–Crippen MR) is 160 cm³/mol. The van der Waals surface area contributed by atoms with Gasteiger partial charge in [0.2, 0.25) is 5.91 Å². The van der Waals surface area contributed by atoms with Crippen molar-refractivity contribution in [2.24, 2.45) is 5.73 Å². The van der Waals surface area contributed by atoms with Gasteiger partial charge in [0.05, 0.1) is 11.3 Å². The van der Waals surface area contributed by atoms with E-state index in [-0.39, 0.29) is 5.91 Å². The highest BCUT2D eigenvalue weighted by Crippen LogP contribution is 2.18. The van der Waals surface area contributed by atoms with Gasteiger partial charge in [-0.3, -0.25) is 14.4 Å². The van der Waals surface area contributed by atoms with Crippen LogP contribution in [0.25, 0.3) is 0 Å². The molecule has 0 aliphatic carbocycles. The molecule has 1 aromatic carbocycles. The Labute approximate surface area is 232 Å². The van der Waals surface area contributed by atoms with Crippen LogP contribution in [-0.2, 0) is 9.59 Å². The summed E-state index contributed by atoms with van der Waals surface area (Å²) in [6, 6.07) is 5.26. The number of benzene rings is 1. The van der Waals surface area contributed by atoms with Crippen molar-refractivity contribution in [1.29, 1.82) is 0 Å². The zero-order valence-corrected chi connectivity index (χ0v) is 24.6. The second kappa shape index (κ2) is 24.9. The highest BCUT2D eigenvalue weighted by Gasteiger charge is 2.11. The highest BCUT2D eigenvalue weighted by atomic mass is 16.4. The number of carboxylic acids is 1. The maximum Gasteiger partial charge on any atom is 0.303 e. The summed E-state index contributed by atoms with van der Waals surface area (Å²) in [5.74, 6) is -1.23. The Kier molecular flexibility index (Phi) is 23.4. The number of amides is 2. The number of unbranched alkanes of at least 4 members (excludes halogenated alkanes) is 16.